The van der Waals surface area contributed by atoms with Crippen LogP contribution < -0.4 is 5.32 Å². The topological polar surface area (TPSA) is 85.0 Å². The molecule has 35 heavy (non-hydrogen) atoms. The molecule has 1 saturated heterocycles. The highest BCUT2D eigenvalue weighted by Crippen LogP contribution is 2.30. The number of likely N-dealkylation sites (tertiary alicyclic amines) is 1. The fourth-order valence-electron chi connectivity index (χ4n) is 5.70. The van der Waals surface area contributed by atoms with Crippen LogP contribution in [-0.2, 0) is 7.05 Å². The van der Waals surface area contributed by atoms with E-state index in [9.17, 15) is 9.59 Å². The lowest BCUT2D eigenvalue weighted by molar-refractivity contribution is 0.0786. The largest absolute Gasteiger partial charge is 0.349 e. The van der Waals surface area contributed by atoms with Crippen molar-refractivity contribution in [1.29, 1.82) is 0 Å². The van der Waals surface area contributed by atoms with E-state index in [1.165, 1.54) is 0 Å². The number of amides is 2. The van der Waals surface area contributed by atoms with E-state index in [4.69, 9.17) is 0 Å². The van der Waals surface area contributed by atoms with Crippen LogP contribution in [0.3, 0.4) is 0 Å². The van der Waals surface area contributed by atoms with Gasteiger partial charge >= 0.3 is 0 Å². The standard InChI is InChI=1S/C27H30N6O2/c1-31-24-7-3-2-6-21(24)22-16-18(8-13-25(22)31)26(34)28-19-9-11-20(12-10-19)33-17-23(29-30-33)27(35)32-14-4-5-15-32/h2-3,6-8,13,16-17,19-20H,4-5,9-12,14-15H2,1H3,(H,28,34). The molecule has 0 unspecified atom stereocenters. The van der Waals surface area contributed by atoms with Crippen molar-refractivity contribution >= 4 is 33.6 Å². The van der Waals surface area contributed by atoms with Gasteiger partial charge in [-0.15, -0.1) is 5.10 Å². The number of aromatic nitrogens is 4. The lowest BCUT2D eigenvalue weighted by atomic mass is 9.91. The van der Waals surface area contributed by atoms with Gasteiger partial charge in [0.25, 0.3) is 11.8 Å². The molecule has 8 nitrogen and oxygen atoms in total. The quantitative estimate of drug-likeness (QED) is 0.487. The van der Waals surface area contributed by atoms with Gasteiger partial charge in [0.05, 0.1) is 12.2 Å². The number of nitrogens with one attached hydrogen (secondary N) is 1. The molecule has 1 N–H and O–H groups in total. The van der Waals surface area contributed by atoms with Crippen LogP contribution in [0.4, 0.5) is 0 Å². The molecule has 1 aliphatic carbocycles. The molecular weight excluding hydrogens is 440 g/mol. The number of para-hydroxylation sites is 1. The minimum absolute atomic E-state index is 0.0159. The highest BCUT2D eigenvalue weighted by atomic mass is 16.2. The summed E-state index contributed by atoms with van der Waals surface area (Å²) in [5.41, 5.74) is 3.42. The normalized spacial score (nSPS) is 20.5. The summed E-state index contributed by atoms with van der Waals surface area (Å²) in [6.07, 6.45) is 7.47. The molecule has 2 aromatic heterocycles. The van der Waals surface area contributed by atoms with Crippen LogP contribution in [0.5, 0.6) is 0 Å². The van der Waals surface area contributed by atoms with Crippen LogP contribution in [0.15, 0.2) is 48.7 Å². The summed E-state index contributed by atoms with van der Waals surface area (Å²) in [5.74, 6) is -0.0413. The van der Waals surface area contributed by atoms with Crippen LogP contribution in [0.1, 0.15) is 65.4 Å². The van der Waals surface area contributed by atoms with Crippen LogP contribution >= 0.6 is 0 Å². The van der Waals surface area contributed by atoms with Gasteiger partial charge in [0.2, 0.25) is 0 Å². The van der Waals surface area contributed by atoms with Gasteiger partial charge in [0.15, 0.2) is 5.69 Å². The van der Waals surface area contributed by atoms with Crippen molar-refractivity contribution in [3.63, 3.8) is 0 Å². The van der Waals surface area contributed by atoms with E-state index in [0.29, 0.717) is 11.3 Å². The average molecular weight is 471 g/mol. The third-order valence-corrected chi connectivity index (χ3v) is 7.70. The van der Waals surface area contributed by atoms with Crippen molar-refractivity contribution in [1.82, 2.24) is 29.8 Å². The number of carbonyl (C=O) groups excluding carboxylic acids is 2. The number of fused-ring (bicyclic) bond motifs is 3. The fraction of sp³-hybridized carbons (Fsp3) is 0.407. The number of aryl methyl sites for hydroxylation is 1. The Morgan fingerprint density at radius 3 is 2.49 bits per heavy atom. The van der Waals surface area contributed by atoms with Gasteiger partial charge in [0, 0.05) is 53.5 Å². The molecule has 3 heterocycles. The molecule has 2 aromatic carbocycles. The number of carbonyl (C=O) groups is 2. The van der Waals surface area contributed by atoms with E-state index in [1.807, 2.05) is 39.9 Å². The van der Waals surface area contributed by atoms with Gasteiger partial charge in [-0.05, 0) is 62.8 Å². The van der Waals surface area contributed by atoms with Gasteiger partial charge in [0.1, 0.15) is 0 Å². The summed E-state index contributed by atoms with van der Waals surface area (Å²) in [6, 6.07) is 14.6. The zero-order valence-corrected chi connectivity index (χ0v) is 20.0. The second kappa shape index (κ2) is 8.83. The van der Waals surface area contributed by atoms with Crippen LogP contribution in [0.2, 0.25) is 0 Å². The first-order valence-corrected chi connectivity index (χ1v) is 12.6. The van der Waals surface area contributed by atoms with E-state index in [0.717, 1.165) is 73.4 Å². The summed E-state index contributed by atoms with van der Waals surface area (Å²) in [4.78, 5) is 27.5. The maximum absolute atomic E-state index is 13.1. The Morgan fingerprint density at radius 1 is 0.943 bits per heavy atom. The minimum atomic E-state index is -0.0254. The first-order valence-electron chi connectivity index (χ1n) is 12.6. The number of nitrogens with zero attached hydrogens (tertiary/aromatic N) is 5. The van der Waals surface area contributed by atoms with Crippen molar-refractivity contribution in [3.05, 3.63) is 59.9 Å². The Bertz CT molecular complexity index is 1410. The summed E-state index contributed by atoms with van der Waals surface area (Å²) in [7, 11) is 2.06. The molecule has 0 radical (unpaired) electrons. The summed E-state index contributed by atoms with van der Waals surface area (Å²) in [5, 5.41) is 13.9. The lowest BCUT2D eigenvalue weighted by Gasteiger charge is -2.29. The van der Waals surface area contributed by atoms with Crippen molar-refractivity contribution in [2.75, 3.05) is 13.1 Å². The molecule has 2 fully saturated rings. The summed E-state index contributed by atoms with van der Waals surface area (Å²) < 4.78 is 4.01. The van der Waals surface area contributed by atoms with Crippen molar-refractivity contribution in [3.8, 4) is 0 Å². The smallest absolute Gasteiger partial charge is 0.276 e. The molecule has 0 atom stereocenters. The molecule has 1 saturated carbocycles. The number of benzene rings is 2. The van der Waals surface area contributed by atoms with Gasteiger partial charge in [-0.25, -0.2) is 4.68 Å². The Balaban J connectivity index is 1.09. The molecule has 0 bridgehead atoms. The lowest BCUT2D eigenvalue weighted by Crippen LogP contribution is -2.38. The molecule has 4 aromatic rings. The molecule has 180 valence electrons. The van der Waals surface area contributed by atoms with E-state index in [-0.39, 0.29) is 23.9 Å². The highest BCUT2D eigenvalue weighted by Gasteiger charge is 2.27. The summed E-state index contributed by atoms with van der Waals surface area (Å²) in [6.45, 7) is 1.62. The SMILES string of the molecule is Cn1c2ccccc2c2cc(C(=O)NC3CCC(n4cc(C(=O)N5CCCC5)nn4)CC3)ccc21. The third-order valence-electron chi connectivity index (χ3n) is 7.70. The molecule has 8 heteroatoms. The van der Waals surface area contributed by atoms with Crippen molar-refractivity contribution < 1.29 is 9.59 Å². The zero-order chi connectivity index (χ0) is 23.9. The Labute approximate surface area is 203 Å². The van der Waals surface area contributed by atoms with Crippen LogP contribution in [-0.4, -0.2) is 55.4 Å². The first kappa shape index (κ1) is 21.8. The van der Waals surface area contributed by atoms with E-state index in [2.05, 4.69) is 39.4 Å². The molecule has 1 aliphatic heterocycles. The highest BCUT2D eigenvalue weighted by molar-refractivity contribution is 6.10. The van der Waals surface area contributed by atoms with E-state index in [1.54, 1.807) is 6.20 Å². The first-order chi connectivity index (χ1) is 17.1. The third kappa shape index (κ3) is 3.96. The molecule has 2 amide bonds. The number of hydrogen-bond acceptors (Lipinski definition) is 4. The molecule has 0 spiro atoms. The van der Waals surface area contributed by atoms with Gasteiger partial charge in [-0.3, -0.25) is 9.59 Å². The maximum atomic E-state index is 13.1. The number of rotatable bonds is 4. The van der Waals surface area contributed by atoms with Crippen LogP contribution in [0, 0.1) is 0 Å². The zero-order valence-electron chi connectivity index (χ0n) is 20.0. The minimum Gasteiger partial charge on any atom is -0.349 e. The second-order valence-corrected chi connectivity index (χ2v) is 9.87. The molecule has 6 rings (SSSR count). The Hall–Kier alpha value is -3.68. The predicted molar refractivity (Wildman–Crippen MR) is 134 cm³/mol. The molecular formula is C27H30N6O2. The van der Waals surface area contributed by atoms with Crippen molar-refractivity contribution in [2.45, 2.75) is 50.6 Å². The Morgan fingerprint density at radius 2 is 1.69 bits per heavy atom. The maximum Gasteiger partial charge on any atom is 0.276 e. The molecule has 2 aliphatic rings. The van der Waals surface area contributed by atoms with Crippen molar-refractivity contribution in [2.24, 2.45) is 7.05 Å². The van der Waals surface area contributed by atoms with E-state index >= 15 is 0 Å². The fourth-order valence-corrected chi connectivity index (χ4v) is 5.70. The summed E-state index contributed by atoms with van der Waals surface area (Å²) >= 11 is 0. The van der Waals surface area contributed by atoms with Crippen LogP contribution in [0.25, 0.3) is 21.8 Å². The predicted octanol–water partition coefficient (Wildman–Crippen LogP) is 4.07. The van der Waals surface area contributed by atoms with Gasteiger partial charge < -0.3 is 14.8 Å². The van der Waals surface area contributed by atoms with Gasteiger partial charge in [-0.2, -0.15) is 0 Å². The average Bonchev–Trinajstić information content (AvgIpc) is 3.65. The number of hydrogen-bond donors (Lipinski definition) is 1. The Kier molecular flexibility index (Phi) is 5.51. The second-order valence-electron chi connectivity index (χ2n) is 9.87. The van der Waals surface area contributed by atoms with Gasteiger partial charge in [-0.1, -0.05) is 23.4 Å². The van der Waals surface area contributed by atoms with E-state index < -0.39 is 0 Å². The monoisotopic (exact) mass is 470 g/mol.